The maximum absolute atomic E-state index is 13.2. The fourth-order valence-corrected chi connectivity index (χ4v) is 2.68. The van der Waals surface area contributed by atoms with Crippen LogP contribution in [0.2, 0.25) is 0 Å². The van der Waals surface area contributed by atoms with E-state index in [1.54, 1.807) is 27.7 Å². The Hall–Kier alpha value is -2.57. The van der Waals surface area contributed by atoms with E-state index in [0.29, 0.717) is 12.8 Å². The molecule has 7 nitrogen and oxygen atoms in total. The van der Waals surface area contributed by atoms with Crippen LogP contribution in [0.3, 0.4) is 0 Å². The lowest BCUT2D eigenvalue weighted by Crippen LogP contribution is -2.53. The van der Waals surface area contributed by atoms with E-state index >= 15 is 0 Å². The zero-order valence-electron chi connectivity index (χ0n) is 17.7. The van der Waals surface area contributed by atoms with Crippen molar-refractivity contribution >= 4 is 18.0 Å². The summed E-state index contributed by atoms with van der Waals surface area (Å²) in [4.78, 5) is 39.0. The first-order valence-electron chi connectivity index (χ1n) is 9.50. The third kappa shape index (κ3) is 7.58. The Morgan fingerprint density at radius 1 is 1.14 bits per heavy atom. The van der Waals surface area contributed by atoms with E-state index in [-0.39, 0.29) is 12.5 Å². The number of rotatable bonds is 8. The van der Waals surface area contributed by atoms with E-state index in [9.17, 15) is 14.4 Å². The van der Waals surface area contributed by atoms with Gasteiger partial charge in [-0.15, -0.1) is 0 Å². The topological polar surface area (TPSA) is 84.9 Å². The summed E-state index contributed by atoms with van der Waals surface area (Å²) in [6, 6.07) is 7.77. The Morgan fingerprint density at radius 3 is 2.25 bits per heavy atom. The largest absolute Gasteiger partial charge is 0.467 e. The average Bonchev–Trinajstić information content (AvgIpc) is 2.63. The molecule has 1 unspecified atom stereocenters. The first kappa shape index (κ1) is 23.5. The number of amides is 2. The van der Waals surface area contributed by atoms with Crippen molar-refractivity contribution in [3.05, 3.63) is 35.9 Å². The summed E-state index contributed by atoms with van der Waals surface area (Å²) in [7, 11) is 1.28. The van der Waals surface area contributed by atoms with Crippen LogP contribution < -0.4 is 5.32 Å². The number of methoxy groups -OCH3 is 1. The second-order valence-corrected chi connectivity index (χ2v) is 7.64. The minimum absolute atomic E-state index is 0.228. The minimum atomic E-state index is -0.796. The quantitative estimate of drug-likeness (QED) is 0.687. The number of carbonyl (C=O) groups is 3. The van der Waals surface area contributed by atoms with Crippen molar-refractivity contribution in [3.8, 4) is 0 Å². The van der Waals surface area contributed by atoms with Gasteiger partial charge in [-0.2, -0.15) is 0 Å². The maximum atomic E-state index is 13.2. The zero-order valence-corrected chi connectivity index (χ0v) is 17.7. The van der Waals surface area contributed by atoms with Crippen LogP contribution in [-0.4, -0.2) is 47.7 Å². The van der Waals surface area contributed by atoms with Gasteiger partial charge in [-0.1, -0.05) is 43.7 Å². The summed E-state index contributed by atoms with van der Waals surface area (Å²) in [5.41, 5.74) is 0.201. The van der Waals surface area contributed by atoms with Crippen LogP contribution in [0, 0.1) is 0 Å². The third-order valence-electron chi connectivity index (χ3n) is 4.06. The minimum Gasteiger partial charge on any atom is -0.467 e. The molecule has 1 aromatic rings. The van der Waals surface area contributed by atoms with Crippen molar-refractivity contribution in [2.45, 2.75) is 71.7 Å². The van der Waals surface area contributed by atoms with Crippen LogP contribution in [0.15, 0.2) is 30.3 Å². The number of alkyl carbamates (subject to hydrolysis) is 1. The molecule has 0 saturated carbocycles. The molecule has 2 atom stereocenters. The van der Waals surface area contributed by atoms with Crippen molar-refractivity contribution in [1.29, 1.82) is 0 Å². The third-order valence-corrected chi connectivity index (χ3v) is 4.06. The van der Waals surface area contributed by atoms with Gasteiger partial charge < -0.3 is 19.7 Å². The first-order chi connectivity index (χ1) is 13.1. The van der Waals surface area contributed by atoms with E-state index in [2.05, 4.69) is 5.32 Å². The van der Waals surface area contributed by atoms with Gasteiger partial charge in [0.2, 0.25) is 5.91 Å². The summed E-state index contributed by atoms with van der Waals surface area (Å²) < 4.78 is 10.1. The van der Waals surface area contributed by atoms with Crippen LogP contribution in [0.1, 0.15) is 53.0 Å². The Kier molecular flexibility index (Phi) is 8.96. The standard InChI is InChI=1S/C21H32N2O5/c1-7-11-17(22-20(26)28-21(3,4)5)18(24)23(15(2)19(25)27-6)14-16-12-9-8-10-13-16/h8-10,12-13,15,17H,7,11,14H2,1-6H3,(H,22,26)/t15?,17-/m1/s1. The maximum Gasteiger partial charge on any atom is 0.408 e. The first-order valence-corrected chi connectivity index (χ1v) is 9.50. The number of esters is 1. The molecule has 0 aliphatic carbocycles. The van der Waals surface area contributed by atoms with Gasteiger partial charge in [0.25, 0.3) is 0 Å². The molecule has 0 fully saturated rings. The molecule has 0 aliphatic heterocycles. The molecule has 2 amide bonds. The second-order valence-electron chi connectivity index (χ2n) is 7.64. The van der Waals surface area contributed by atoms with E-state index in [1.165, 1.54) is 12.0 Å². The number of hydrogen-bond acceptors (Lipinski definition) is 5. The van der Waals surface area contributed by atoms with Crippen molar-refractivity contribution < 1.29 is 23.9 Å². The second kappa shape index (κ2) is 10.7. The van der Waals surface area contributed by atoms with Crippen molar-refractivity contribution in [2.75, 3.05) is 7.11 Å². The van der Waals surface area contributed by atoms with E-state index < -0.39 is 29.7 Å². The molecule has 0 aromatic heterocycles. The molecule has 0 spiro atoms. The summed E-state index contributed by atoms with van der Waals surface area (Å²) >= 11 is 0. The Morgan fingerprint density at radius 2 is 1.75 bits per heavy atom. The van der Waals surface area contributed by atoms with Gasteiger partial charge in [-0.3, -0.25) is 4.79 Å². The molecule has 28 heavy (non-hydrogen) atoms. The van der Waals surface area contributed by atoms with Gasteiger partial charge >= 0.3 is 12.1 Å². The van der Waals surface area contributed by atoms with Crippen LogP contribution in [-0.2, 0) is 25.6 Å². The predicted octanol–water partition coefficient (Wildman–Crippen LogP) is 3.27. The van der Waals surface area contributed by atoms with Gasteiger partial charge in [0.05, 0.1) is 7.11 Å². The molecular weight excluding hydrogens is 360 g/mol. The lowest BCUT2D eigenvalue weighted by molar-refractivity contribution is -0.153. The van der Waals surface area contributed by atoms with Crippen LogP contribution in [0.5, 0.6) is 0 Å². The van der Waals surface area contributed by atoms with Gasteiger partial charge in [-0.05, 0) is 39.7 Å². The molecular formula is C21H32N2O5. The fraction of sp³-hybridized carbons (Fsp3) is 0.571. The van der Waals surface area contributed by atoms with Crippen LogP contribution >= 0.6 is 0 Å². The highest BCUT2D eigenvalue weighted by atomic mass is 16.6. The molecule has 1 rings (SSSR count). The van der Waals surface area contributed by atoms with E-state index in [4.69, 9.17) is 9.47 Å². The summed E-state index contributed by atoms with van der Waals surface area (Å²) in [6.07, 6.45) is 0.444. The van der Waals surface area contributed by atoms with Crippen molar-refractivity contribution in [2.24, 2.45) is 0 Å². The van der Waals surface area contributed by atoms with E-state index in [1.807, 2.05) is 37.3 Å². The Balaban J connectivity index is 3.07. The van der Waals surface area contributed by atoms with E-state index in [0.717, 1.165) is 5.56 Å². The molecule has 0 heterocycles. The monoisotopic (exact) mass is 392 g/mol. The normalized spacial score (nSPS) is 13.2. The SMILES string of the molecule is CCC[C@@H](NC(=O)OC(C)(C)C)C(=O)N(Cc1ccccc1)C(C)C(=O)OC. The lowest BCUT2D eigenvalue weighted by Gasteiger charge is -2.32. The van der Waals surface area contributed by atoms with Crippen LogP contribution in [0.4, 0.5) is 4.79 Å². The molecule has 0 radical (unpaired) electrons. The van der Waals surface area contributed by atoms with Gasteiger partial charge in [0.15, 0.2) is 0 Å². The van der Waals surface area contributed by atoms with Crippen LogP contribution in [0.25, 0.3) is 0 Å². The van der Waals surface area contributed by atoms with Gasteiger partial charge in [0, 0.05) is 6.54 Å². The van der Waals surface area contributed by atoms with Gasteiger partial charge in [-0.25, -0.2) is 9.59 Å². The summed E-state index contributed by atoms with van der Waals surface area (Å²) in [5, 5.41) is 2.65. The fourth-order valence-electron chi connectivity index (χ4n) is 2.68. The number of carbonyl (C=O) groups excluding carboxylic acids is 3. The molecule has 1 N–H and O–H groups in total. The highest BCUT2D eigenvalue weighted by Crippen LogP contribution is 2.15. The number of nitrogens with zero attached hydrogens (tertiary/aromatic N) is 1. The Bertz CT molecular complexity index is 655. The molecule has 0 aliphatic rings. The summed E-state index contributed by atoms with van der Waals surface area (Å²) in [6.45, 7) is 9.02. The summed E-state index contributed by atoms with van der Waals surface area (Å²) in [5.74, 6) is -0.869. The zero-order chi connectivity index (χ0) is 21.3. The highest BCUT2D eigenvalue weighted by Gasteiger charge is 2.33. The van der Waals surface area contributed by atoms with Crippen molar-refractivity contribution in [3.63, 3.8) is 0 Å². The number of benzene rings is 1. The molecule has 7 heteroatoms. The molecule has 0 saturated heterocycles. The molecule has 0 bridgehead atoms. The highest BCUT2D eigenvalue weighted by molar-refractivity contribution is 5.89. The number of nitrogens with one attached hydrogen (secondary N) is 1. The Labute approximate surface area is 167 Å². The average molecular weight is 392 g/mol. The predicted molar refractivity (Wildman–Crippen MR) is 107 cm³/mol. The molecule has 1 aromatic carbocycles. The van der Waals surface area contributed by atoms with Gasteiger partial charge in [0.1, 0.15) is 17.7 Å². The number of hydrogen-bond donors (Lipinski definition) is 1. The smallest absolute Gasteiger partial charge is 0.408 e. The lowest BCUT2D eigenvalue weighted by atomic mass is 10.1. The molecule has 156 valence electrons. The number of ether oxygens (including phenoxy) is 2. The van der Waals surface area contributed by atoms with Crippen molar-refractivity contribution in [1.82, 2.24) is 10.2 Å².